The first-order chi connectivity index (χ1) is 18.0. The van der Waals surface area contributed by atoms with Crippen molar-refractivity contribution in [1.82, 2.24) is 25.5 Å². The van der Waals surface area contributed by atoms with E-state index in [1.165, 1.54) is 29.6 Å². The number of aliphatic carboxylic acids is 1. The Morgan fingerprint density at radius 3 is 2.37 bits per heavy atom. The van der Waals surface area contributed by atoms with E-state index in [-0.39, 0.29) is 31.6 Å². The highest BCUT2D eigenvalue weighted by Gasteiger charge is 2.38. The quantitative estimate of drug-likeness (QED) is 0.163. The van der Waals surface area contributed by atoms with Crippen LogP contribution < -0.4 is 22.1 Å². The third-order valence-corrected chi connectivity index (χ3v) is 6.18. The summed E-state index contributed by atoms with van der Waals surface area (Å²) in [7, 11) is 0. The lowest BCUT2D eigenvalue weighted by Crippen LogP contribution is -2.58. The summed E-state index contributed by atoms with van der Waals surface area (Å²) >= 11 is 0. The zero-order valence-electron chi connectivity index (χ0n) is 20.5. The maximum Gasteiger partial charge on any atom is 0.326 e. The minimum Gasteiger partial charge on any atom is -0.508 e. The van der Waals surface area contributed by atoms with Gasteiger partial charge in [-0.15, -0.1) is 0 Å². The van der Waals surface area contributed by atoms with Crippen LogP contribution in [0.3, 0.4) is 0 Å². The molecular formula is C24H31N7O7. The summed E-state index contributed by atoms with van der Waals surface area (Å²) < 4.78 is 0. The number of aromatic hydroxyl groups is 1. The number of amides is 4. The number of carboxylic acids is 1. The summed E-state index contributed by atoms with van der Waals surface area (Å²) in [6.07, 6.45) is 3.11. The van der Waals surface area contributed by atoms with Crippen LogP contribution in [-0.4, -0.2) is 85.4 Å². The highest BCUT2D eigenvalue weighted by atomic mass is 16.4. The number of rotatable bonds is 12. The van der Waals surface area contributed by atoms with Gasteiger partial charge in [-0.1, -0.05) is 12.1 Å². The van der Waals surface area contributed by atoms with E-state index in [1.807, 2.05) is 0 Å². The third-order valence-electron chi connectivity index (χ3n) is 6.18. The normalized spacial score (nSPS) is 17.3. The van der Waals surface area contributed by atoms with Crippen molar-refractivity contribution in [3.05, 3.63) is 48.0 Å². The summed E-state index contributed by atoms with van der Waals surface area (Å²) in [6.45, 7) is 0.207. The van der Waals surface area contributed by atoms with Gasteiger partial charge in [0.1, 0.15) is 23.9 Å². The molecule has 0 radical (unpaired) electrons. The van der Waals surface area contributed by atoms with Crippen molar-refractivity contribution in [2.75, 3.05) is 6.54 Å². The Kier molecular flexibility index (Phi) is 9.38. The number of nitrogens with two attached hydrogens (primary N) is 2. The number of nitrogens with zero attached hydrogens (tertiary/aromatic N) is 2. The molecule has 1 aromatic heterocycles. The topological polar surface area (TPSA) is 234 Å². The van der Waals surface area contributed by atoms with Crippen molar-refractivity contribution in [2.45, 2.75) is 56.3 Å². The number of primary amides is 1. The Morgan fingerprint density at radius 1 is 1.08 bits per heavy atom. The minimum atomic E-state index is -1.43. The number of aromatic amines is 1. The van der Waals surface area contributed by atoms with Gasteiger partial charge in [-0.05, 0) is 37.0 Å². The molecule has 2 heterocycles. The van der Waals surface area contributed by atoms with E-state index in [9.17, 15) is 34.2 Å². The number of benzene rings is 1. The number of phenolic OH excluding ortho intramolecular Hbond substituents is 1. The molecule has 0 saturated carbocycles. The van der Waals surface area contributed by atoms with Gasteiger partial charge >= 0.3 is 5.97 Å². The summed E-state index contributed by atoms with van der Waals surface area (Å²) in [5, 5.41) is 23.8. The minimum absolute atomic E-state index is 0.0367. The molecule has 4 unspecified atom stereocenters. The zero-order valence-corrected chi connectivity index (χ0v) is 20.5. The molecule has 1 aliphatic rings. The van der Waals surface area contributed by atoms with Gasteiger partial charge in [0.25, 0.3) is 0 Å². The standard InChI is InChI=1S/C24H31N7O7/c25-16(8-13-3-5-15(32)6-4-13)21(34)29-17(10-20(26)33)22(35)30-18(9-14-11-27-12-28-14)23(36)31-7-1-2-19(31)24(37)38/h3-6,11-12,16-19,32H,1-2,7-10,25H2,(H2,26,33)(H,27,28)(H,29,34)(H,30,35)(H,37,38). The molecule has 4 atom stereocenters. The number of carboxylic acid groups (broad SMARTS) is 1. The molecule has 4 amide bonds. The van der Waals surface area contributed by atoms with Crippen molar-refractivity contribution in [1.29, 1.82) is 0 Å². The van der Waals surface area contributed by atoms with E-state index in [0.29, 0.717) is 17.7 Å². The second-order valence-electron chi connectivity index (χ2n) is 9.08. The van der Waals surface area contributed by atoms with E-state index in [1.54, 1.807) is 12.1 Å². The first kappa shape index (κ1) is 28.1. The lowest BCUT2D eigenvalue weighted by molar-refractivity contribution is -0.149. The maximum atomic E-state index is 13.3. The number of likely N-dealkylation sites (tertiary alicyclic amines) is 1. The van der Waals surface area contributed by atoms with Gasteiger partial charge in [0, 0.05) is 24.9 Å². The monoisotopic (exact) mass is 529 g/mol. The molecule has 204 valence electrons. The SMILES string of the molecule is NC(=O)CC(NC(=O)C(N)Cc1ccc(O)cc1)C(=O)NC(Cc1cnc[nH]1)C(=O)N1CCCC1C(=O)O. The second-order valence-corrected chi connectivity index (χ2v) is 9.08. The average Bonchev–Trinajstić information content (AvgIpc) is 3.56. The molecule has 1 aliphatic heterocycles. The van der Waals surface area contributed by atoms with E-state index in [0.717, 1.165) is 0 Å². The fourth-order valence-corrected chi connectivity index (χ4v) is 4.24. The van der Waals surface area contributed by atoms with Gasteiger partial charge in [-0.25, -0.2) is 9.78 Å². The summed E-state index contributed by atoms with van der Waals surface area (Å²) in [6, 6.07) is 1.30. The number of carbonyl (C=O) groups is 5. The van der Waals surface area contributed by atoms with E-state index in [2.05, 4.69) is 20.6 Å². The number of aromatic nitrogens is 2. The van der Waals surface area contributed by atoms with Crippen LogP contribution in [0.4, 0.5) is 0 Å². The van der Waals surface area contributed by atoms with Crippen LogP contribution in [0.25, 0.3) is 0 Å². The Bertz CT molecular complexity index is 1150. The van der Waals surface area contributed by atoms with Crippen LogP contribution in [0.5, 0.6) is 5.75 Å². The number of hydrogen-bond acceptors (Lipinski definition) is 8. The van der Waals surface area contributed by atoms with Crippen LogP contribution in [0, 0.1) is 0 Å². The summed E-state index contributed by atoms with van der Waals surface area (Å²) in [4.78, 5) is 70.5. The number of phenols is 1. The number of carbonyl (C=O) groups excluding carboxylic acids is 4. The Balaban J connectivity index is 1.74. The zero-order chi connectivity index (χ0) is 27.8. The van der Waals surface area contributed by atoms with Crippen LogP contribution in [0.15, 0.2) is 36.8 Å². The van der Waals surface area contributed by atoms with E-state index < -0.39 is 60.2 Å². The van der Waals surface area contributed by atoms with E-state index in [4.69, 9.17) is 11.5 Å². The molecule has 0 aliphatic carbocycles. The molecule has 38 heavy (non-hydrogen) atoms. The smallest absolute Gasteiger partial charge is 0.326 e. The van der Waals surface area contributed by atoms with Crippen LogP contribution in [0.1, 0.15) is 30.5 Å². The fourth-order valence-electron chi connectivity index (χ4n) is 4.24. The van der Waals surface area contributed by atoms with Crippen LogP contribution >= 0.6 is 0 Å². The Hall–Kier alpha value is -4.46. The average molecular weight is 530 g/mol. The van der Waals surface area contributed by atoms with Gasteiger partial charge in [0.05, 0.1) is 18.8 Å². The molecule has 14 nitrogen and oxygen atoms in total. The lowest BCUT2D eigenvalue weighted by Gasteiger charge is -2.28. The molecule has 1 saturated heterocycles. The van der Waals surface area contributed by atoms with E-state index >= 15 is 0 Å². The predicted molar refractivity (Wildman–Crippen MR) is 132 cm³/mol. The highest BCUT2D eigenvalue weighted by molar-refractivity contribution is 5.96. The Morgan fingerprint density at radius 2 is 1.76 bits per heavy atom. The van der Waals surface area contributed by atoms with Crippen molar-refractivity contribution < 1.29 is 34.2 Å². The fraction of sp³-hybridized carbons (Fsp3) is 0.417. The first-order valence-corrected chi connectivity index (χ1v) is 12.0. The number of nitrogens with one attached hydrogen (secondary N) is 3. The van der Waals surface area contributed by atoms with Crippen molar-refractivity contribution >= 4 is 29.6 Å². The first-order valence-electron chi connectivity index (χ1n) is 12.0. The molecule has 14 heteroatoms. The van der Waals surface area contributed by atoms with Gasteiger partial charge in [-0.2, -0.15) is 0 Å². The van der Waals surface area contributed by atoms with Crippen molar-refractivity contribution in [3.8, 4) is 5.75 Å². The number of hydrogen-bond donors (Lipinski definition) is 7. The van der Waals surface area contributed by atoms with Crippen molar-refractivity contribution in [2.24, 2.45) is 11.5 Å². The molecule has 0 bridgehead atoms. The summed E-state index contributed by atoms with van der Waals surface area (Å²) in [5.41, 5.74) is 12.4. The largest absolute Gasteiger partial charge is 0.508 e. The van der Waals surface area contributed by atoms with Gasteiger partial charge < -0.3 is 42.2 Å². The maximum absolute atomic E-state index is 13.3. The molecule has 9 N–H and O–H groups in total. The molecular weight excluding hydrogens is 498 g/mol. The van der Waals surface area contributed by atoms with Crippen molar-refractivity contribution in [3.63, 3.8) is 0 Å². The molecule has 1 aromatic carbocycles. The number of imidazole rings is 1. The Labute approximate surface area is 217 Å². The van der Waals surface area contributed by atoms with Crippen LogP contribution in [-0.2, 0) is 36.8 Å². The highest BCUT2D eigenvalue weighted by Crippen LogP contribution is 2.19. The third kappa shape index (κ3) is 7.52. The molecule has 0 spiro atoms. The van der Waals surface area contributed by atoms with Crippen LogP contribution in [0.2, 0.25) is 0 Å². The second kappa shape index (κ2) is 12.7. The molecule has 3 rings (SSSR count). The van der Waals surface area contributed by atoms with Gasteiger partial charge in [0.15, 0.2) is 0 Å². The van der Waals surface area contributed by atoms with Gasteiger partial charge in [-0.3, -0.25) is 19.2 Å². The molecule has 2 aromatic rings. The lowest BCUT2D eigenvalue weighted by atomic mass is 10.0. The number of H-pyrrole nitrogens is 1. The predicted octanol–water partition coefficient (Wildman–Crippen LogP) is -1.85. The molecule has 1 fully saturated rings. The summed E-state index contributed by atoms with van der Waals surface area (Å²) in [5.74, 6) is -4.19. The van der Waals surface area contributed by atoms with Gasteiger partial charge in [0.2, 0.25) is 23.6 Å².